The molecule has 1 aromatic carbocycles. The van der Waals surface area contributed by atoms with E-state index < -0.39 is 50.7 Å². The van der Waals surface area contributed by atoms with Gasteiger partial charge in [-0.15, -0.1) is 6.58 Å². The topological polar surface area (TPSA) is 144 Å². The lowest BCUT2D eigenvalue weighted by atomic mass is 9.93. The molecule has 0 bridgehead atoms. The smallest absolute Gasteiger partial charge is 0.259 e. The van der Waals surface area contributed by atoms with Gasteiger partial charge in [-0.25, -0.2) is 8.42 Å². The fraction of sp³-hybridized carbons (Fsp3) is 0.576. The van der Waals surface area contributed by atoms with Crippen molar-refractivity contribution in [3.05, 3.63) is 42.1 Å². The highest BCUT2D eigenvalue weighted by atomic mass is 32.2. The molecule has 4 atom stereocenters. The summed E-state index contributed by atoms with van der Waals surface area (Å²) in [6.07, 6.45) is 6.54. The van der Waals surface area contributed by atoms with Crippen LogP contribution in [0.3, 0.4) is 0 Å². The van der Waals surface area contributed by atoms with Crippen molar-refractivity contribution in [2.75, 3.05) is 13.7 Å². The summed E-state index contributed by atoms with van der Waals surface area (Å²) >= 11 is 0. The predicted octanol–water partition coefficient (Wildman–Crippen LogP) is 3.19. The van der Waals surface area contributed by atoms with Crippen molar-refractivity contribution in [2.24, 2.45) is 11.8 Å². The van der Waals surface area contributed by atoms with Gasteiger partial charge in [0.05, 0.1) is 24.4 Å². The molecule has 3 aliphatic carbocycles. The lowest BCUT2D eigenvalue weighted by Gasteiger charge is -2.27. The lowest BCUT2D eigenvalue weighted by Crippen LogP contribution is -2.56. The van der Waals surface area contributed by atoms with Crippen LogP contribution in [0.25, 0.3) is 10.9 Å². The Morgan fingerprint density at radius 3 is 2.62 bits per heavy atom. The number of nitrogens with zero attached hydrogens (tertiary/aromatic N) is 2. The van der Waals surface area contributed by atoms with Crippen LogP contribution in [0.5, 0.6) is 11.5 Å². The number of amides is 3. The Morgan fingerprint density at radius 1 is 1.20 bits per heavy atom. The molecule has 2 N–H and O–H groups in total. The van der Waals surface area contributed by atoms with Crippen LogP contribution in [-0.2, 0) is 37.2 Å². The number of hydrogen-bond acceptors (Lipinski definition) is 8. The van der Waals surface area contributed by atoms with Gasteiger partial charge in [0.1, 0.15) is 29.2 Å². The van der Waals surface area contributed by atoms with Crippen LogP contribution in [-0.4, -0.2) is 72.6 Å². The quantitative estimate of drug-likeness (QED) is 0.357. The molecule has 12 heteroatoms. The molecule has 1 aromatic heterocycles. The number of methoxy groups -OCH3 is 1. The Hall–Kier alpha value is -3.67. The molecule has 242 valence electrons. The van der Waals surface area contributed by atoms with E-state index in [2.05, 4.69) is 16.6 Å². The maximum atomic E-state index is 13.9. The molecule has 6 rings (SSSR count). The van der Waals surface area contributed by atoms with E-state index in [9.17, 15) is 22.8 Å². The SMILES string of the molecule is C=C[C@@H]1C[C@]1(NC(=O)[C@@H]1C[C@@H](Oc2c3c(nc4cc(OC)ccc24)CCCC3)CN1C(=O)CC(C)C)C(=O)NS(=O)(=O)C1CC1. The number of hydrogen-bond donors (Lipinski definition) is 2. The molecule has 11 nitrogen and oxygen atoms in total. The van der Waals surface area contributed by atoms with Crippen molar-refractivity contribution < 1.29 is 32.3 Å². The zero-order valence-corrected chi connectivity index (χ0v) is 27.0. The van der Waals surface area contributed by atoms with Crippen LogP contribution >= 0.6 is 0 Å². The van der Waals surface area contributed by atoms with Gasteiger partial charge in [0.2, 0.25) is 21.8 Å². The van der Waals surface area contributed by atoms with Crippen molar-refractivity contribution in [2.45, 2.75) is 94.6 Å². The molecule has 4 aliphatic rings. The van der Waals surface area contributed by atoms with E-state index >= 15 is 0 Å². The third-order valence-electron chi connectivity index (χ3n) is 9.42. The van der Waals surface area contributed by atoms with Crippen LogP contribution in [0.4, 0.5) is 0 Å². The number of sulfonamides is 1. The summed E-state index contributed by atoms with van der Waals surface area (Å²) in [5.74, 6) is -0.359. The van der Waals surface area contributed by atoms with Crippen molar-refractivity contribution >= 4 is 38.6 Å². The van der Waals surface area contributed by atoms with Gasteiger partial charge in [0.15, 0.2) is 0 Å². The van der Waals surface area contributed by atoms with E-state index in [-0.39, 0.29) is 37.6 Å². The van der Waals surface area contributed by atoms with E-state index in [1.54, 1.807) is 18.1 Å². The normalized spacial score (nSPS) is 25.9. The molecule has 45 heavy (non-hydrogen) atoms. The van der Waals surface area contributed by atoms with Gasteiger partial charge in [-0.05, 0) is 63.0 Å². The molecule has 3 amide bonds. The van der Waals surface area contributed by atoms with Crippen molar-refractivity contribution in [3.63, 3.8) is 0 Å². The number of nitrogens with one attached hydrogen (secondary N) is 2. The summed E-state index contributed by atoms with van der Waals surface area (Å²) in [6, 6.07) is 4.81. The number of aromatic nitrogens is 1. The number of fused-ring (bicyclic) bond motifs is 2. The molecule has 1 saturated heterocycles. The van der Waals surface area contributed by atoms with E-state index in [1.807, 2.05) is 32.0 Å². The second kappa shape index (κ2) is 11.9. The van der Waals surface area contributed by atoms with Crippen LogP contribution in [0, 0.1) is 11.8 Å². The predicted molar refractivity (Wildman–Crippen MR) is 168 cm³/mol. The Morgan fingerprint density at radius 2 is 1.96 bits per heavy atom. The van der Waals surface area contributed by atoms with Gasteiger partial charge >= 0.3 is 0 Å². The molecule has 1 aliphatic heterocycles. The third-order valence-corrected chi connectivity index (χ3v) is 11.2. The molecule has 0 spiro atoms. The molecule has 0 unspecified atom stereocenters. The molecule has 2 aromatic rings. The van der Waals surface area contributed by atoms with Gasteiger partial charge < -0.3 is 19.7 Å². The Balaban J connectivity index is 1.27. The van der Waals surface area contributed by atoms with Gasteiger partial charge in [-0.1, -0.05) is 19.9 Å². The Bertz CT molecular complexity index is 1650. The number of rotatable bonds is 11. The number of carbonyl (C=O) groups is 3. The van der Waals surface area contributed by atoms with E-state index in [1.165, 1.54) is 0 Å². The van der Waals surface area contributed by atoms with Crippen LogP contribution in [0.15, 0.2) is 30.9 Å². The third kappa shape index (κ3) is 6.13. The number of likely N-dealkylation sites (tertiary alicyclic amines) is 1. The van der Waals surface area contributed by atoms with E-state index in [0.717, 1.165) is 53.6 Å². The number of aryl methyl sites for hydroxylation is 1. The highest BCUT2D eigenvalue weighted by Crippen LogP contribution is 2.46. The highest BCUT2D eigenvalue weighted by Gasteiger charge is 2.62. The van der Waals surface area contributed by atoms with Gasteiger partial charge in [0.25, 0.3) is 5.91 Å². The molecule has 0 radical (unpaired) electrons. The van der Waals surface area contributed by atoms with Crippen molar-refractivity contribution in [1.82, 2.24) is 19.9 Å². The van der Waals surface area contributed by atoms with Crippen LogP contribution in [0.2, 0.25) is 0 Å². The summed E-state index contributed by atoms with van der Waals surface area (Å²) in [4.78, 5) is 47.2. The second-order valence-electron chi connectivity index (χ2n) is 13.3. The van der Waals surface area contributed by atoms with Gasteiger partial charge in [0, 0.05) is 41.5 Å². The second-order valence-corrected chi connectivity index (χ2v) is 15.2. The summed E-state index contributed by atoms with van der Waals surface area (Å²) in [6.45, 7) is 7.87. The minimum atomic E-state index is -3.81. The molecule has 2 heterocycles. The largest absolute Gasteiger partial charge is 0.497 e. The fourth-order valence-electron chi connectivity index (χ4n) is 6.68. The minimum Gasteiger partial charge on any atom is -0.497 e. The maximum Gasteiger partial charge on any atom is 0.259 e. The fourth-order valence-corrected chi connectivity index (χ4v) is 8.05. The lowest BCUT2D eigenvalue weighted by molar-refractivity contribution is -0.140. The first-order valence-corrected chi connectivity index (χ1v) is 17.5. The molecule has 3 fully saturated rings. The number of pyridine rings is 1. The van der Waals surface area contributed by atoms with Crippen molar-refractivity contribution in [1.29, 1.82) is 0 Å². The molecular formula is C33H42N4O7S. The minimum absolute atomic E-state index is 0.0747. The molecular weight excluding hydrogens is 596 g/mol. The standard InChI is InChI=1S/C33H42N4O7S/c1-5-20-17-33(20,32(40)36-45(41,42)23-11-12-23)35-31(39)28-16-22(18-37(28)29(38)14-19(2)3)44-30-24-8-6-7-9-26(24)34-27-15-21(43-4)10-13-25(27)30/h5,10,13,15,19-20,22-23,28H,1,6-9,11-12,14,16-18H2,2-4H3,(H,35,39)(H,36,40)/t20-,22-,28+,33-/m1/s1. The van der Waals surface area contributed by atoms with Crippen LogP contribution in [0.1, 0.15) is 70.1 Å². The summed E-state index contributed by atoms with van der Waals surface area (Å²) < 4.78 is 39.5. The molecule has 2 saturated carbocycles. The average molecular weight is 639 g/mol. The van der Waals surface area contributed by atoms with E-state index in [4.69, 9.17) is 14.5 Å². The zero-order valence-electron chi connectivity index (χ0n) is 26.1. The Kier molecular flexibility index (Phi) is 8.30. The average Bonchev–Trinajstić information content (AvgIpc) is 3.93. The summed E-state index contributed by atoms with van der Waals surface area (Å²) in [5, 5.41) is 3.12. The monoisotopic (exact) mass is 638 g/mol. The summed E-state index contributed by atoms with van der Waals surface area (Å²) in [5.41, 5.74) is 1.40. The first kappa shape index (κ1) is 31.3. The maximum absolute atomic E-state index is 13.9. The van der Waals surface area contributed by atoms with Gasteiger partial charge in [-0.3, -0.25) is 24.1 Å². The first-order chi connectivity index (χ1) is 21.5. The number of benzene rings is 1. The zero-order chi connectivity index (χ0) is 32.1. The van der Waals surface area contributed by atoms with Crippen molar-refractivity contribution in [3.8, 4) is 11.5 Å². The van der Waals surface area contributed by atoms with E-state index in [0.29, 0.717) is 18.6 Å². The summed E-state index contributed by atoms with van der Waals surface area (Å²) in [7, 11) is -2.20. The van der Waals surface area contributed by atoms with Crippen LogP contribution < -0.4 is 19.5 Å². The number of carbonyl (C=O) groups excluding carboxylic acids is 3. The highest BCUT2D eigenvalue weighted by molar-refractivity contribution is 7.91. The number of ether oxygens (including phenoxy) is 2. The first-order valence-electron chi connectivity index (χ1n) is 15.9. The Labute approximate surface area is 264 Å². The van der Waals surface area contributed by atoms with Gasteiger partial charge in [-0.2, -0.15) is 0 Å².